The van der Waals surface area contributed by atoms with E-state index < -0.39 is 0 Å². The number of carbonyl (C=O) groups excluding carboxylic acids is 1. The summed E-state index contributed by atoms with van der Waals surface area (Å²) in [5.74, 6) is 2.49. The Labute approximate surface area is 154 Å². The molecule has 3 aliphatic rings. The molecule has 2 bridgehead atoms. The van der Waals surface area contributed by atoms with E-state index in [1.165, 1.54) is 19.3 Å². The van der Waals surface area contributed by atoms with Crippen LogP contribution in [0.5, 0.6) is 11.5 Å². The zero-order chi connectivity index (χ0) is 18.1. The highest BCUT2D eigenvalue weighted by atomic mass is 16.5. The Kier molecular flexibility index (Phi) is 4.90. The Bertz CT molecular complexity index is 701. The van der Waals surface area contributed by atoms with E-state index in [9.17, 15) is 4.79 Å². The quantitative estimate of drug-likeness (QED) is 0.870. The SMILES string of the molecule is CCOc1cccc2c1OCC(C(=O)NC1C3CCCC1CC(N)C3)=C2. The molecule has 4 rings (SSSR count). The first-order valence-corrected chi connectivity index (χ1v) is 9.81. The predicted molar refractivity (Wildman–Crippen MR) is 101 cm³/mol. The second-order valence-electron chi connectivity index (χ2n) is 7.75. The Morgan fingerprint density at radius 1 is 1.31 bits per heavy atom. The van der Waals surface area contributed by atoms with Crippen molar-refractivity contribution in [3.05, 3.63) is 29.3 Å². The molecule has 1 heterocycles. The fourth-order valence-electron chi connectivity index (χ4n) is 4.85. The number of rotatable bonds is 4. The molecule has 2 unspecified atom stereocenters. The zero-order valence-corrected chi connectivity index (χ0v) is 15.4. The predicted octanol–water partition coefficient (Wildman–Crippen LogP) is 2.88. The molecule has 26 heavy (non-hydrogen) atoms. The third-order valence-electron chi connectivity index (χ3n) is 5.98. The van der Waals surface area contributed by atoms with E-state index in [1.807, 2.05) is 31.2 Å². The molecule has 0 radical (unpaired) electrons. The molecule has 5 nitrogen and oxygen atoms in total. The molecular formula is C21H28N2O3. The number of fused-ring (bicyclic) bond motifs is 3. The summed E-state index contributed by atoms with van der Waals surface area (Å²) in [4.78, 5) is 12.9. The lowest BCUT2D eigenvalue weighted by Gasteiger charge is -2.45. The van der Waals surface area contributed by atoms with Crippen LogP contribution in [0.2, 0.25) is 0 Å². The van der Waals surface area contributed by atoms with Crippen molar-refractivity contribution < 1.29 is 14.3 Å². The van der Waals surface area contributed by atoms with Gasteiger partial charge in [-0.15, -0.1) is 0 Å². The van der Waals surface area contributed by atoms with Crippen molar-refractivity contribution in [2.24, 2.45) is 17.6 Å². The first-order valence-electron chi connectivity index (χ1n) is 9.81. The number of nitrogens with two attached hydrogens (primary N) is 1. The molecule has 0 saturated heterocycles. The smallest absolute Gasteiger partial charge is 0.250 e. The summed E-state index contributed by atoms with van der Waals surface area (Å²) in [6.45, 7) is 2.82. The average Bonchev–Trinajstić information content (AvgIpc) is 2.62. The van der Waals surface area contributed by atoms with Gasteiger partial charge in [-0.1, -0.05) is 18.6 Å². The molecule has 2 fully saturated rings. The topological polar surface area (TPSA) is 73.6 Å². The fourth-order valence-corrected chi connectivity index (χ4v) is 4.85. The summed E-state index contributed by atoms with van der Waals surface area (Å²) in [6.07, 6.45) is 7.58. The van der Waals surface area contributed by atoms with E-state index in [0.717, 1.165) is 29.9 Å². The number of nitrogens with one attached hydrogen (secondary N) is 1. The molecule has 2 aliphatic carbocycles. The fraction of sp³-hybridized carbons (Fsp3) is 0.571. The minimum atomic E-state index is -0.00478. The molecule has 1 aromatic rings. The summed E-state index contributed by atoms with van der Waals surface area (Å²) in [6, 6.07) is 6.33. The third kappa shape index (κ3) is 3.32. The minimum absolute atomic E-state index is 0.00478. The van der Waals surface area contributed by atoms with Crippen molar-refractivity contribution in [3.63, 3.8) is 0 Å². The van der Waals surface area contributed by atoms with Crippen molar-refractivity contribution in [2.45, 2.75) is 51.1 Å². The maximum atomic E-state index is 12.9. The van der Waals surface area contributed by atoms with Gasteiger partial charge in [0.2, 0.25) is 0 Å². The Morgan fingerprint density at radius 3 is 2.81 bits per heavy atom. The van der Waals surface area contributed by atoms with Crippen molar-refractivity contribution in [1.29, 1.82) is 0 Å². The lowest BCUT2D eigenvalue weighted by molar-refractivity contribution is -0.120. The van der Waals surface area contributed by atoms with E-state index in [2.05, 4.69) is 5.32 Å². The maximum absolute atomic E-state index is 12.9. The molecular weight excluding hydrogens is 328 g/mol. The van der Waals surface area contributed by atoms with Crippen LogP contribution in [0.4, 0.5) is 0 Å². The number of benzene rings is 1. The minimum Gasteiger partial charge on any atom is -0.490 e. The Balaban J connectivity index is 1.50. The summed E-state index contributed by atoms with van der Waals surface area (Å²) < 4.78 is 11.5. The van der Waals surface area contributed by atoms with E-state index in [4.69, 9.17) is 15.2 Å². The molecule has 5 heteroatoms. The van der Waals surface area contributed by atoms with Crippen LogP contribution < -0.4 is 20.5 Å². The summed E-state index contributed by atoms with van der Waals surface area (Å²) in [5, 5.41) is 3.31. The largest absolute Gasteiger partial charge is 0.490 e. The Hall–Kier alpha value is -2.01. The van der Waals surface area contributed by atoms with E-state index in [1.54, 1.807) is 0 Å². The van der Waals surface area contributed by atoms with Crippen LogP contribution in [0.1, 0.15) is 44.6 Å². The van der Waals surface area contributed by atoms with Gasteiger partial charge in [-0.05, 0) is 56.6 Å². The molecule has 1 aromatic carbocycles. The van der Waals surface area contributed by atoms with Gasteiger partial charge in [0.25, 0.3) is 5.91 Å². The first-order chi connectivity index (χ1) is 12.7. The third-order valence-corrected chi connectivity index (χ3v) is 5.98. The van der Waals surface area contributed by atoms with Gasteiger partial charge in [0.05, 0.1) is 12.2 Å². The molecule has 0 aromatic heterocycles. The molecule has 2 atom stereocenters. The molecule has 0 spiro atoms. The van der Waals surface area contributed by atoms with E-state index in [-0.39, 0.29) is 18.6 Å². The highest BCUT2D eigenvalue weighted by molar-refractivity contribution is 5.99. The van der Waals surface area contributed by atoms with Gasteiger partial charge in [0.15, 0.2) is 11.5 Å². The zero-order valence-electron chi connectivity index (χ0n) is 15.4. The van der Waals surface area contributed by atoms with Crippen molar-refractivity contribution in [2.75, 3.05) is 13.2 Å². The number of hydrogen-bond acceptors (Lipinski definition) is 4. The lowest BCUT2D eigenvalue weighted by Crippen LogP contribution is -2.54. The first kappa shape index (κ1) is 17.4. The lowest BCUT2D eigenvalue weighted by atomic mass is 9.67. The number of hydrogen-bond donors (Lipinski definition) is 2. The standard InChI is InChI=1S/C21H28N2O3/c1-2-25-18-8-4-7-15-9-16(12-26-20(15)18)21(24)23-19-13-5-3-6-14(19)11-17(22)10-13/h4,7-9,13-14,17,19H,2-3,5-6,10-12,22H2,1H3,(H,23,24). The van der Waals surface area contributed by atoms with Crippen LogP contribution in [0.3, 0.4) is 0 Å². The van der Waals surface area contributed by atoms with Gasteiger partial charge in [0.1, 0.15) is 6.61 Å². The number of para-hydroxylation sites is 1. The van der Waals surface area contributed by atoms with Gasteiger partial charge < -0.3 is 20.5 Å². The molecule has 1 aliphatic heterocycles. The highest BCUT2D eigenvalue weighted by Gasteiger charge is 2.40. The summed E-state index contributed by atoms with van der Waals surface area (Å²) in [5.41, 5.74) is 7.78. The van der Waals surface area contributed by atoms with Crippen molar-refractivity contribution in [3.8, 4) is 11.5 Å². The summed E-state index contributed by atoms with van der Waals surface area (Å²) in [7, 11) is 0. The van der Waals surface area contributed by atoms with Gasteiger partial charge in [-0.3, -0.25) is 4.79 Å². The highest BCUT2D eigenvalue weighted by Crippen LogP contribution is 2.40. The van der Waals surface area contributed by atoms with Crippen LogP contribution in [-0.2, 0) is 4.79 Å². The molecule has 2 saturated carbocycles. The van der Waals surface area contributed by atoms with Gasteiger partial charge >= 0.3 is 0 Å². The monoisotopic (exact) mass is 356 g/mol. The number of ether oxygens (including phenoxy) is 2. The maximum Gasteiger partial charge on any atom is 0.250 e. The van der Waals surface area contributed by atoms with Gasteiger partial charge in [0, 0.05) is 17.6 Å². The van der Waals surface area contributed by atoms with E-state index in [0.29, 0.717) is 30.1 Å². The normalized spacial score (nSPS) is 29.8. The second-order valence-corrected chi connectivity index (χ2v) is 7.75. The number of amides is 1. The molecule has 3 N–H and O–H groups in total. The van der Waals surface area contributed by atoms with Crippen molar-refractivity contribution in [1.82, 2.24) is 5.32 Å². The van der Waals surface area contributed by atoms with Gasteiger partial charge in [-0.25, -0.2) is 0 Å². The van der Waals surface area contributed by atoms with E-state index >= 15 is 0 Å². The van der Waals surface area contributed by atoms with Crippen LogP contribution in [-0.4, -0.2) is 31.2 Å². The molecule has 1 amide bonds. The van der Waals surface area contributed by atoms with Crippen LogP contribution >= 0.6 is 0 Å². The second kappa shape index (κ2) is 7.31. The van der Waals surface area contributed by atoms with Gasteiger partial charge in [-0.2, -0.15) is 0 Å². The van der Waals surface area contributed by atoms with Crippen LogP contribution in [0.15, 0.2) is 23.8 Å². The summed E-state index contributed by atoms with van der Waals surface area (Å²) >= 11 is 0. The van der Waals surface area contributed by atoms with Crippen molar-refractivity contribution >= 4 is 12.0 Å². The number of carbonyl (C=O) groups is 1. The van der Waals surface area contributed by atoms with Crippen LogP contribution in [0, 0.1) is 11.8 Å². The average molecular weight is 356 g/mol. The Morgan fingerprint density at radius 2 is 2.08 bits per heavy atom. The van der Waals surface area contributed by atoms with Crippen LogP contribution in [0.25, 0.3) is 6.08 Å². The molecule has 140 valence electrons.